The third kappa shape index (κ3) is 2.11. The quantitative estimate of drug-likeness (QED) is 0.858. The molecule has 1 N–H and O–H groups in total. The highest BCUT2D eigenvalue weighted by molar-refractivity contribution is 5.97. The molecular weight excluding hydrogens is 226 g/mol. The maximum Gasteiger partial charge on any atom is 0.244 e. The van der Waals surface area contributed by atoms with Gasteiger partial charge in [0.1, 0.15) is 17.0 Å². The van der Waals surface area contributed by atoms with Crippen molar-refractivity contribution < 1.29 is 13.6 Å². The lowest BCUT2D eigenvalue weighted by atomic mass is 9.69. The molecule has 0 atom stereocenters. The Morgan fingerprint density at radius 2 is 1.88 bits per heavy atom. The van der Waals surface area contributed by atoms with E-state index in [9.17, 15) is 13.6 Å². The normalized spacial score (nSPS) is 16.8. The van der Waals surface area contributed by atoms with Crippen molar-refractivity contribution in [1.29, 1.82) is 5.26 Å². The third-order valence-electron chi connectivity index (χ3n) is 2.98. The molecule has 0 heterocycles. The zero-order chi connectivity index (χ0) is 12.5. The number of benzene rings is 1. The Balaban J connectivity index is 2.16. The van der Waals surface area contributed by atoms with E-state index in [0.717, 1.165) is 24.6 Å². The number of amides is 1. The van der Waals surface area contributed by atoms with Crippen LogP contribution in [-0.4, -0.2) is 5.91 Å². The summed E-state index contributed by atoms with van der Waals surface area (Å²) in [5.41, 5.74) is -0.989. The van der Waals surface area contributed by atoms with E-state index < -0.39 is 23.0 Å². The summed E-state index contributed by atoms with van der Waals surface area (Å²) in [7, 11) is 0. The molecule has 1 amide bonds. The fourth-order valence-electron chi connectivity index (χ4n) is 1.80. The van der Waals surface area contributed by atoms with Crippen LogP contribution in [-0.2, 0) is 4.79 Å². The average Bonchev–Trinajstić information content (AvgIpc) is 2.14. The van der Waals surface area contributed by atoms with Gasteiger partial charge in [-0.3, -0.25) is 4.79 Å². The number of anilines is 1. The van der Waals surface area contributed by atoms with Crippen LogP contribution >= 0.6 is 0 Å². The maximum atomic E-state index is 12.9. The fraction of sp³-hybridized carbons (Fsp3) is 0.333. The molecule has 0 saturated heterocycles. The van der Waals surface area contributed by atoms with E-state index in [2.05, 4.69) is 5.32 Å². The van der Waals surface area contributed by atoms with Gasteiger partial charge in [0.15, 0.2) is 0 Å². The fourth-order valence-corrected chi connectivity index (χ4v) is 1.80. The highest BCUT2D eigenvalue weighted by atomic mass is 19.1. The van der Waals surface area contributed by atoms with Crippen LogP contribution in [0.4, 0.5) is 14.5 Å². The second-order valence-corrected chi connectivity index (χ2v) is 4.16. The highest BCUT2D eigenvalue weighted by Gasteiger charge is 2.44. The Hall–Kier alpha value is -1.96. The zero-order valence-corrected chi connectivity index (χ0v) is 8.96. The Labute approximate surface area is 97.1 Å². The van der Waals surface area contributed by atoms with Crippen LogP contribution < -0.4 is 5.32 Å². The van der Waals surface area contributed by atoms with Gasteiger partial charge in [-0.15, -0.1) is 0 Å². The molecule has 0 bridgehead atoms. The molecule has 1 aromatic carbocycles. The molecule has 1 aliphatic carbocycles. The number of nitrogens with zero attached hydrogens (tertiary/aromatic N) is 1. The second-order valence-electron chi connectivity index (χ2n) is 4.16. The van der Waals surface area contributed by atoms with E-state index in [0.29, 0.717) is 12.8 Å². The largest absolute Gasteiger partial charge is 0.324 e. The molecule has 5 heteroatoms. The lowest BCUT2D eigenvalue weighted by molar-refractivity contribution is -0.126. The van der Waals surface area contributed by atoms with Gasteiger partial charge in [0.2, 0.25) is 5.91 Å². The summed E-state index contributed by atoms with van der Waals surface area (Å²) in [5, 5.41) is 11.3. The third-order valence-corrected chi connectivity index (χ3v) is 2.98. The molecule has 17 heavy (non-hydrogen) atoms. The molecule has 0 aliphatic heterocycles. The van der Waals surface area contributed by atoms with E-state index in [-0.39, 0.29) is 5.69 Å². The van der Waals surface area contributed by atoms with Crippen LogP contribution in [0, 0.1) is 28.4 Å². The maximum absolute atomic E-state index is 12.9. The lowest BCUT2D eigenvalue weighted by Crippen LogP contribution is -2.40. The van der Waals surface area contributed by atoms with Gasteiger partial charge in [0, 0.05) is 11.8 Å². The van der Waals surface area contributed by atoms with Crippen LogP contribution in [0.1, 0.15) is 19.3 Å². The van der Waals surface area contributed by atoms with E-state index in [1.165, 1.54) is 0 Å². The van der Waals surface area contributed by atoms with Crippen LogP contribution in [0.3, 0.4) is 0 Å². The first kappa shape index (κ1) is 11.5. The first-order valence-corrected chi connectivity index (χ1v) is 5.24. The Bertz CT molecular complexity index is 483. The highest BCUT2D eigenvalue weighted by Crippen LogP contribution is 2.41. The summed E-state index contributed by atoms with van der Waals surface area (Å²) in [6.45, 7) is 0. The predicted octanol–water partition coefficient (Wildman–Crippen LogP) is 2.60. The van der Waals surface area contributed by atoms with Crippen molar-refractivity contribution in [2.45, 2.75) is 19.3 Å². The Morgan fingerprint density at radius 3 is 2.29 bits per heavy atom. The van der Waals surface area contributed by atoms with Crippen molar-refractivity contribution in [2.75, 3.05) is 5.32 Å². The topological polar surface area (TPSA) is 52.9 Å². The number of hydrogen-bond donors (Lipinski definition) is 1. The summed E-state index contributed by atoms with van der Waals surface area (Å²) >= 11 is 0. The van der Waals surface area contributed by atoms with Gasteiger partial charge in [0.25, 0.3) is 0 Å². The van der Waals surface area contributed by atoms with Gasteiger partial charge >= 0.3 is 0 Å². The number of nitriles is 1. The van der Waals surface area contributed by atoms with Crippen LogP contribution in [0.25, 0.3) is 0 Å². The van der Waals surface area contributed by atoms with Crippen molar-refractivity contribution in [1.82, 2.24) is 0 Å². The van der Waals surface area contributed by atoms with E-state index in [1.807, 2.05) is 6.07 Å². The van der Waals surface area contributed by atoms with Crippen molar-refractivity contribution in [2.24, 2.45) is 5.41 Å². The molecule has 0 unspecified atom stereocenters. The zero-order valence-electron chi connectivity index (χ0n) is 8.96. The van der Waals surface area contributed by atoms with Crippen molar-refractivity contribution >= 4 is 11.6 Å². The first-order chi connectivity index (χ1) is 8.05. The summed E-state index contributed by atoms with van der Waals surface area (Å²) in [6, 6.07) is 4.72. The Kier molecular flexibility index (Phi) is 2.80. The minimum Gasteiger partial charge on any atom is -0.324 e. The van der Waals surface area contributed by atoms with Gasteiger partial charge < -0.3 is 5.32 Å². The van der Waals surface area contributed by atoms with Crippen molar-refractivity contribution in [3.05, 3.63) is 29.8 Å². The van der Waals surface area contributed by atoms with E-state index in [4.69, 9.17) is 5.26 Å². The smallest absolute Gasteiger partial charge is 0.244 e. The molecular formula is C12H10F2N2O. The van der Waals surface area contributed by atoms with E-state index >= 15 is 0 Å². The lowest BCUT2D eigenvalue weighted by Gasteiger charge is -2.33. The summed E-state index contributed by atoms with van der Waals surface area (Å²) < 4.78 is 25.8. The predicted molar refractivity (Wildman–Crippen MR) is 56.9 cm³/mol. The SMILES string of the molecule is N#CC1(C(=O)Nc2cc(F)cc(F)c2)CCC1. The molecule has 0 aromatic heterocycles. The number of carbonyl (C=O) groups is 1. The van der Waals surface area contributed by atoms with Gasteiger partial charge in [0.05, 0.1) is 6.07 Å². The molecule has 1 aromatic rings. The molecule has 0 spiro atoms. The molecule has 3 nitrogen and oxygen atoms in total. The second kappa shape index (κ2) is 4.13. The van der Waals surface area contributed by atoms with Crippen LogP contribution in [0.5, 0.6) is 0 Å². The average molecular weight is 236 g/mol. The van der Waals surface area contributed by atoms with Gasteiger partial charge in [-0.2, -0.15) is 5.26 Å². The number of halogens is 2. The van der Waals surface area contributed by atoms with Crippen LogP contribution in [0.15, 0.2) is 18.2 Å². The van der Waals surface area contributed by atoms with Crippen LogP contribution in [0.2, 0.25) is 0 Å². The molecule has 0 radical (unpaired) electrons. The number of nitrogens with one attached hydrogen (secondary N) is 1. The standard InChI is InChI=1S/C12H10F2N2O/c13-8-4-9(14)6-10(5-8)16-11(17)12(7-15)2-1-3-12/h4-6H,1-3H2,(H,16,17). The molecule has 88 valence electrons. The van der Waals surface area contributed by atoms with Gasteiger partial charge in [-0.05, 0) is 31.4 Å². The Morgan fingerprint density at radius 1 is 1.29 bits per heavy atom. The molecule has 1 saturated carbocycles. The number of hydrogen-bond acceptors (Lipinski definition) is 2. The first-order valence-electron chi connectivity index (χ1n) is 5.24. The van der Waals surface area contributed by atoms with E-state index in [1.54, 1.807) is 0 Å². The molecule has 1 fully saturated rings. The number of carbonyl (C=O) groups excluding carboxylic acids is 1. The summed E-state index contributed by atoms with van der Waals surface area (Å²) in [6.07, 6.45) is 1.80. The van der Waals surface area contributed by atoms with Gasteiger partial charge in [-0.1, -0.05) is 0 Å². The summed E-state index contributed by atoms with van der Waals surface area (Å²) in [5.74, 6) is -2.02. The minimum atomic E-state index is -1.03. The monoisotopic (exact) mass is 236 g/mol. The van der Waals surface area contributed by atoms with Crippen molar-refractivity contribution in [3.8, 4) is 6.07 Å². The number of rotatable bonds is 2. The molecule has 1 aliphatic rings. The van der Waals surface area contributed by atoms with Gasteiger partial charge in [-0.25, -0.2) is 8.78 Å². The summed E-state index contributed by atoms with van der Waals surface area (Å²) in [4.78, 5) is 11.8. The van der Waals surface area contributed by atoms with Crippen molar-refractivity contribution in [3.63, 3.8) is 0 Å². The minimum absolute atomic E-state index is 0.0361. The molecule has 2 rings (SSSR count).